The normalized spacial score (nSPS) is 16.4. The standard InChI is InChI=1S/C25H29NO5/c1-15(2)13-21(27)22-23(17-7-6-8-20(14-17)31-16(3)4)26(25(29)24(22)28)18-9-11-19(30-5)12-10-18/h6-12,14-16,23,28H,13H2,1-5H3. The Balaban J connectivity index is 2.12. The first-order chi connectivity index (χ1) is 14.7. The molecule has 0 aromatic heterocycles. The fourth-order valence-electron chi connectivity index (χ4n) is 3.73. The number of carbonyl (C=O) groups is 2. The number of amides is 1. The summed E-state index contributed by atoms with van der Waals surface area (Å²) < 4.78 is 11.0. The van der Waals surface area contributed by atoms with Gasteiger partial charge in [0, 0.05) is 12.1 Å². The van der Waals surface area contributed by atoms with Crippen LogP contribution in [0, 0.1) is 5.92 Å². The fraction of sp³-hybridized carbons (Fsp3) is 0.360. The Labute approximate surface area is 183 Å². The first-order valence-corrected chi connectivity index (χ1v) is 10.4. The molecule has 2 aromatic carbocycles. The van der Waals surface area contributed by atoms with Gasteiger partial charge in [-0.25, -0.2) is 0 Å². The number of hydrogen-bond acceptors (Lipinski definition) is 5. The third-order valence-electron chi connectivity index (χ3n) is 5.00. The SMILES string of the molecule is COc1ccc(N2C(=O)C(O)=C(C(=O)CC(C)C)C2c2cccc(OC(C)C)c2)cc1. The Morgan fingerprint density at radius 1 is 1.06 bits per heavy atom. The van der Waals surface area contributed by atoms with Crippen LogP contribution in [0.4, 0.5) is 5.69 Å². The van der Waals surface area contributed by atoms with Crippen molar-refractivity contribution in [2.45, 2.75) is 46.3 Å². The van der Waals surface area contributed by atoms with Gasteiger partial charge in [0.15, 0.2) is 11.5 Å². The summed E-state index contributed by atoms with van der Waals surface area (Å²) >= 11 is 0. The van der Waals surface area contributed by atoms with Crippen LogP contribution in [0.1, 0.15) is 45.7 Å². The lowest BCUT2D eigenvalue weighted by molar-refractivity contribution is -0.118. The number of anilines is 1. The lowest BCUT2D eigenvalue weighted by Gasteiger charge is -2.27. The van der Waals surface area contributed by atoms with Crippen molar-refractivity contribution in [3.05, 3.63) is 65.4 Å². The van der Waals surface area contributed by atoms with Crippen LogP contribution in [-0.2, 0) is 9.59 Å². The monoisotopic (exact) mass is 423 g/mol. The number of aliphatic hydroxyl groups is 1. The lowest BCUT2D eigenvalue weighted by atomic mass is 9.92. The summed E-state index contributed by atoms with van der Waals surface area (Å²) in [6.45, 7) is 7.72. The first-order valence-electron chi connectivity index (χ1n) is 10.4. The zero-order chi connectivity index (χ0) is 22.7. The molecule has 0 aliphatic carbocycles. The molecule has 1 heterocycles. The molecule has 1 amide bonds. The minimum absolute atomic E-state index is 0.0239. The molecule has 0 bridgehead atoms. The van der Waals surface area contributed by atoms with Gasteiger partial charge in [0.2, 0.25) is 0 Å². The Hall–Kier alpha value is -3.28. The molecule has 6 nitrogen and oxygen atoms in total. The zero-order valence-corrected chi connectivity index (χ0v) is 18.6. The van der Waals surface area contributed by atoms with Crippen LogP contribution in [0.25, 0.3) is 0 Å². The van der Waals surface area contributed by atoms with Crippen LogP contribution in [0.2, 0.25) is 0 Å². The number of aliphatic hydroxyl groups excluding tert-OH is 1. The van der Waals surface area contributed by atoms with E-state index in [1.165, 1.54) is 4.90 Å². The minimum atomic E-state index is -0.747. The van der Waals surface area contributed by atoms with Crippen molar-refractivity contribution in [2.24, 2.45) is 5.92 Å². The molecule has 0 spiro atoms. The highest BCUT2D eigenvalue weighted by atomic mass is 16.5. The van der Waals surface area contributed by atoms with Crippen LogP contribution in [-0.4, -0.2) is 30.0 Å². The Morgan fingerprint density at radius 2 is 1.74 bits per heavy atom. The Kier molecular flexibility index (Phi) is 6.68. The van der Waals surface area contributed by atoms with E-state index in [4.69, 9.17) is 9.47 Å². The number of Topliss-reactive ketones (excluding diaryl/α,β-unsaturated/α-hetero) is 1. The number of benzene rings is 2. The van der Waals surface area contributed by atoms with E-state index in [0.29, 0.717) is 22.7 Å². The average Bonchev–Trinajstić information content (AvgIpc) is 2.98. The highest BCUT2D eigenvalue weighted by molar-refractivity contribution is 6.16. The van der Waals surface area contributed by atoms with Crippen molar-refractivity contribution in [3.63, 3.8) is 0 Å². The summed E-state index contributed by atoms with van der Waals surface area (Å²) in [6.07, 6.45) is 0.214. The van der Waals surface area contributed by atoms with Gasteiger partial charge in [-0.05, 0) is 61.7 Å². The van der Waals surface area contributed by atoms with Gasteiger partial charge in [-0.15, -0.1) is 0 Å². The predicted molar refractivity (Wildman–Crippen MR) is 120 cm³/mol. The van der Waals surface area contributed by atoms with Gasteiger partial charge in [-0.2, -0.15) is 0 Å². The van der Waals surface area contributed by atoms with Crippen LogP contribution >= 0.6 is 0 Å². The van der Waals surface area contributed by atoms with Crippen LogP contribution in [0.5, 0.6) is 11.5 Å². The van der Waals surface area contributed by atoms with Gasteiger partial charge < -0.3 is 14.6 Å². The molecule has 6 heteroatoms. The first kappa shape index (κ1) is 22.4. The van der Waals surface area contributed by atoms with E-state index in [9.17, 15) is 14.7 Å². The molecule has 1 atom stereocenters. The average molecular weight is 424 g/mol. The number of rotatable bonds is 8. The lowest BCUT2D eigenvalue weighted by Crippen LogP contribution is -2.31. The molecule has 1 N–H and O–H groups in total. The fourth-order valence-corrected chi connectivity index (χ4v) is 3.73. The topological polar surface area (TPSA) is 76.1 Å². The van der Waals surface area contributed by atoms with Crippen molar-refractivity contribution in [3.8, 4) is 11.5 Å². The molecule has 3 rings (SSSR count). The second-order valence-corrected chi connectivity index (χ2v) is 8.30. The second kappa shape index (κ2) is 9.25. The summed E-state index contributed by atoms with van der Waals surface area (Å²) in [6, 6.07) is 13.5. The van der Waals surface area contributed by atoms with Gasteiger partial charge in [-0.3, -0.25) is 14.5 Å². The van der Waals surface area contributed by atoms with Gasteiger partial charge in [-0.1, -0.05) is 26.0 Å². The van der Waals surface area contributed by atoms with E-state index in [1.807, 2.05) is 52.0 Å². The third-order valence-corrected chi connectivity index (χ3v) is 5.00. The van der Waals surface area contributed by atoms with Crippen molar-refractivity contribution >= 4 is 17.4 Å². The summed E-state index contributed by atoms with van der Waals surface area (Å²) in [5, 5.41) is 10.7. The maximum atomic E-state index is 13.1. The quantitative estimate of drug-likeness (QED) is 0.647. The maximum absolute atomic E-state index is 13.1. The van der Waals surface area contributed by atoms with E-state index < -0.39 is 17.7 Å². The van der Waals surface area contributed by atoms with Gasteiger partial charge in [0.1, 0.15) is 11.5 Å². The van der Waals surface area contributed by atoms with Crippen LogP contribution < -0.4 is 14.4 Å². The van der Waals surface area contributed by atoms with E-state index in [0.717, 1.165) is 0 Å². The summed E-state index contributed by atoms with van der Waals surface area (Å²) in [5.74, 6) is 0.0367. The molecule has 1 unspecified atom stereocenters. The minimum Gasteiger partial charge on any atom is -0.503 e. The molecule has 0 radical (unpaired) electrons. The van der Waals surface area contributed by atoms with Crippen LogP contribution in [0.15, 0.2) is 59.9 Å². The highest BCUT2D eigenvalue weighted by Crippen LogP contribution is 2.42. The predicted octanol–water partition coefficient (Wildman–Crippen LogP) is 5.00. The molecule has 0 saturated heterocycles. The Bertz CT molecular complexity index is 991. The van der Waals surface area contributed by atoms with Crippen molar-refractivity contribution in [1.82, 2.24) is 0 Å². The van der Waals surface area contributed by atoms with E-state index in [-0.39, 0.29) is 29.8 Å². The van der Waals surface area contributed by atoms with Crippen molar-refractivity contribution in [2.75, 3.05) is 12.0 Å². The number of ketones is 1. The third kappa shape index (κ3) is 4.74. The number of methoxy groups -OCH3 is 1. The van der Waals surface area contributed by atoms with Crippen molar-refractivity contribution < 1.29 is 24.2 Å². The molecule has 164 valence electrons. The summed E-state index contributed by atoms with van der Waals surface area (Å²) in [4.78, 5) is 27.7. The number of hydrogen-bond donors (Lipinski definition) is 1. The molecule has 1 aliphatic rings. The summed E-state index contributed by atoms with van der Waals surface area (Å²) in [7, 11) is 1.56. The van der Waals surface area contributed by atoms with Crippen molar-refractivity contribution in [1.29, 1.82) is 0 Å². The Morgan fingerprint density at radius 3 is 2.32 bits per heavy atom. The zero-order valence-electron chi connectivity index (χ0n) is 18.6. The molecule has 31 heavy (non-hydrogen) atoms. The summed E-state index contributed by atoms with van der Waals surface area (Å²) in [5.41, 5.74) is 1.37. The smallest absolute Gasteiger partial charge is 0.294 e. The number of carbonyl (C=O) groups excluding carboxylic acids is 2. The largest absolute Gasteiger partial charge is 0.503 e. The van der Waals surface area contributed by atoms with Crippen LogP contribution in [0.3, 0.4) is 0 Å². The molecule has 0 fully saturated rings. The molecular formula is C25H29NO5. The molecule has 1 aliphatic heterocycles. The maximum Gasteiger partial charge on any atom is 0.294 e. The van der Waals surface area contributed by atoms with Gasteiger partial charge in [0.05, 0.1) is 24.8 Å². The van der Waals surface area contributed by atoms with E-state index in [1.54, 1.807) is 31.4 Å². The highest BCUT2D eigenvalue weighted by Gasteiger charge is 2.44. The molecule has 2 aromatic rings. The molecule has 0 saturated carbocycles. The number of nitrogens with zero attached hydrogens (tertiary/aromatic N) is 1. The van der Waals surface area contributed by atoms with E-state index in [2.05, 4.69) is 0 Å². The van der Waals surface area contributed by atoms with Gasteiger partial charge in [0.25, 0.3) is 5.91 Å². The van der Waals surface area contributed by atoms with Gasteiger partial charge >= 0.3 is 0 Å². The van der Waals surface area contributed by atoms with E-state index >= 15 is 0 Å². The molecular weight excluding hydrogens is 394 g/mol. The second-order valence-electron chi connectivity index (χ2n) is 8.30. The number of ether oxygens (including phenoxy) is 2.